The first kappa shape index (κ1) is 15.3. The quantitative estimate of drug-likeness (QED) is 0.712. The largest absolute Gasteiger partial charge is 0.462 e. The molecule has 0 radical (unpaired) electrons. The number of carbonyl (C=O) groups excluding carboxylic acids is 1. The van der Waals surface area contributed by atoms with Gasteiger partial charge in [-0.25, -0.2) is 0 Å². The summed E-state index contributed by atoms with van der Waals surface area (Å²) < 4.78 is 5.45. The highest BCUT2D eigenvalue weighted by molar-refractivity contribution is 5.66. The smallest absolute Gasteiger partial charge is 0.302 e. The van der Waals surface area contributed by atoms with Crippen LogP contribution >= 0.6 is 0 Å². The van der Waals surface area contributed by atoms with E-state index in [9.17, 15) is 4.79 Å². The van der Waals surface area contributed by atoms with Crippen LogP contribution in [0.15, 0.2) is 60.7 Å². The lowest BCUT2D eigenvalue weighted by Crippen LogP contribution is -2.19. The number of aryl methyl sites for hydroxylation is 1. The van der Waals surface area contributed by atoms with Crippen molar-refractivity contribution in [3.8, 4) is 0 Å². The molecule has 0 heterocycles. The first-order valence-electron chi connectivity index (χ1n) is 7.49. The molecule has 2 rings (SSSR count). The zero-order valence-electron chi connectivity index (χ0n) is 12.5. The van der Waals surface area contributed by atoms with Crippen molar-refractivity contribution >= 4 is 5.97 Å². The van der Waals surface area contributed by atoms with Gasteiger partial charge in [0, 0.05) is 13.3 Å². The fraction of sp³-hybridized carbons (Fsp3) is 0.316. The summed E-state index contributed by atoms with van der Waals surface area (Å²) >= 11 is 0. The third-order valence-electron chi connectivity index (χ3n) is 3.47. The van der Waals surface area contributed by atoms with Gasteiger partial charge in [0.1, 0.15) is 6.10 Å². The third kappa shape index (κ3) is 5.82. The molecule has 0 spiro atoms. The highest BCUT2D eigenvalue weighted by Gasteiger charge is 2.12. The zero-order chi connectivity index (χ0) is 14.9. The molecule has 2 aromatic rings. The molecule has 2 aromatic carbocycles. The summed E-state index contributed by atoms with van der Waals surface area (Å²) in [6.45, 7) is 1.48. The Kier molecular flexibility index (Phi) is 6.01. The van der Waals surface area contributed by atoms with E-state index >= 15 is 0 Å². The Morgan fingerprint density at radius 2 is 1.52 bits per heavy atom. The molecule has 0 aliphatic rings. The van der Waals surface area contributed by atoms with Crippen molar-refractivity contribution in [2.45, 2.75) is 38.7 Å². The fourth-order valence-electron chi connectivity index (χ4n) is 2.49. The van der Waals surface area contributed by atoms with Crippen LogP contribution in [0.2, 0.25) is 0 Å². The molecule has 0 saturated heterocycles. The molecule has 2 nitrogen and oxygen atoms in total. The molecular formula is C19H22O2. The van der Waals surface area contributed by atoms with Crippen LogP contribution in [0.1, 0.15) is 30.9 Å². The van der Waals surface area contributed by atoms with E-state index in [-0.39, 0.29) is 12.1 Å². The second-order valence-corrected chi connectivity index (χ2v) is 5.30. The molecule has 110 valence electrons. The van der Waals surface area contributed by atoms with Crippen molar-refractivity contribution in [3.05, 3.63) is 71.8 Å². The summed E-state index contributed by atoms with van der Waals surface area (Å²) in [5.74, 6) is -0.198. The second-order valence-electron chi connectivity index (χ2n) is 5.30. The molecule has 0 N–H and O–H groups in total. The summed E-state index contributed by atoms with van der Waals surface area (Å²) in [7, 11) is 0. The van der Waals surface area contributed by atoms with E-state index < -0.39 is 0 Å². The van der Waals surface area contributed by atoms with Gasteiger partial charge in [0.2, 0.25) is 0 Å². The molecule has 0 fully saturated rings. The van der Waals surface area contributed by atoms with Crippen LogP contribution in [0.25, 0.3) is 0 Å². The minimum Gasteiger partial charge on any atom is -0.462 e. The van der Waals surface area contributed by atoms with Crippen molar-refractivity contribution < 1.29 is 9.53 Å². The van der Waals surface area contributed by atoms with E-state index in [1.807, 2.05) is 24.3 Å². The van der Waals surface area contributed by atoms with Gasteiger partial charge in [0.25, 0.3) is 0 Å². The lowest BCUT2D eigenvalue weighted by Gasteiger charge is -2.17. The molecule has 0 aliphatic heterocycles. The van der Waals surface area contributed by atoms with E-state index in [1.165, 1.54) is 18.1 Å². The van der Waals surface area contributed by atoms with Crippen molar-refractivity contribution in [2.75, 3.05) is 0 Å². The minimum absolute atomic E-state index is 0.0337. The number of hydrogen-bond donors (Lipinski definition) is 0. The van der Waals surface area contributed by atoms with Gasteiger partial charge in [-0.15, -0.1) is 0 Å². The summed E-state index contributed by atoms with van der Waals surface area (Å²) in [5.41, 5.74) is 2.54. The number of esters is 1. The van der Waals surface area contributed by atoms with E-state index in [4.69, 9.17) is 4.74 Å². The van der Waals surface area contributed by atoms with Crippen LogP contribution in [-0.2, 0) is 22.4 Å². The van der Waals surface area contributed by atoms with Crippen molar-refractivity contribution in [2.24, 2.45) is 0 Å². The monoisotopic (exact) mass is 282 g/mol. The maximum atomic E-state index is 11.3. The minimum atomic E-state index is -0.198. The second kappa shape index (κ2) is 8.25. The number of benzene rings is 2. The molecule has 0 bridgehead atoms. The van der Waals surface area contributed by atoms with Gasteiger partial charge >= 0.3 is 5.97 Å². The van der Waals surface area contributed by atoms with E-state index in [0.717, 1.165) is 25.7 Å². The molecule has 0 saturated carbocycles. The fourth-order valence-corrected chi connectivity index (χ4v) is 2.49. The molecule has 1 atom stereocenters. The van der Waals surface area contributed by atoms with Crippen LogP contribution in [0, 0.1) is 0 Å². The maximum Gasteiger partial charge on any atom is 0.302 e. The first-order chi connectivity index (χ1) is 10.2. The highest BCUT2D eigenvalue weighted by atomic mass is 16.5. The van der Waals surface area contributed by atoms with Gasteiger partial charge in [0.05, 0.1) is 0 Å². The molecule has 2 heteroatoms. The normalized spacial score (nSPS) is 11.9. The van der Waals surface area contributed by atoms with Gasteiger partial charge in [-0.2, -0.15) is 0 Å². The summed E-state index contributed by atoms with van der Waals surface area (Å²) in [6, 6.07) is 20.6. The number of carbonyl (C=O) groups is 1. The molecular weight excluding hydrogens is 260 g/mol. The van der Waals surface area contributed by atoms with Crippen molar-refractivity contribution in [1.82, 2.24) is 0 Å². The molecule has 0 aromatic heterocycles. The zero-order valence-corrected chi connectivity index (χ0v) is 12.5. The number of hydrogen-bond acceptors (Lipinski definition) is 2. The topological polar surface area (TPSA) is 26.3 Å². The summed E-state index contributed by atoms with van der Waals surface area (Å²) in [6.07, 6.45) is 3.69. The van der Waals surface area contributed by atoms with Crippen molar-refractivity contribution in [1.29, 1.82) is 0 Å². The van der Waals surface area contributed by atoms with Crippen molar-refractivity contribution in [3.63, 3.8) is 0 Å². The SMILES string of the molecule is CC(=O)OC(CCCc1ccccc1)Cc1ccccc1. The number of ether oxygens (including phenoxy) is 1. The van der Waals surface area contributed by atoms with E-state index in [0.29, 0.717) is 0 Å². The molecule has 1 unspecified atom stereocenters. The van der Waals surface area contributed by atoms with Crippen LogP contribution < -0.4 is 0 Å². The van der Waals surface area contributed by atoms with Gasteiger partial charge in [-0.1, -0.05) is 60.7 Å². The highest BCUT2D eigenvalue weighted by Crippen LogP contribution is 2.14. The van der Waals surface area contributed by atoms with E-state index in [1.54, 1.807) is 0 Å². The van der Waals surface area contributed by atoms with Crippen LogP contribution in [0.3, 0.4) is 0 Å². The van der Waals surface area contributed by atoms with E-state index in [2.05, 4.69) is 36.4 Å². The summed E-state index contributed by atoms with van der Waals surface area (Å²) in [4.78, 5) is 11.3. The van der Waals surface area contributed by atoms with Crippen LogP contribution in [-0.4, -0.2) is 12.1 Å². The Bertz CT molecular complexity index is 534. The third-order valence-corrected chi connectivity index (χ3v) is 3.47. The lowest BCUT2D eigenvalue weighted by atomic mass is 10.0. The van der Waals surface area contributed by atoms with Crippen LogP contribution in [0.4, 0.5) is 0 Å². The first-order valence-corrected chi connectivity index (χ1v) is 7.49. The van der Waals surface area contributed by atoms with Gasteiger partial charge < -0.3 is 4.74 Å². The Morgan fingerprint density at radius 3 is 2.10 bits per heavy atom. The Balaban J connectivity index is 1.86. The van der Waals surface area contributed by atoms with Gasteiger partial charge in [0.15, 0.2) is 0 Å². The average molecular weight is 282 g/mol. The molecule has 21 heavy (non-hydrogen) atoms. The Morgan fingerprint density at radius 1 is 0.952 bits per heavy atom. The lowest BCUT2D eigenvalue weighted by molar-refractivity contribution is -0.146. The maximum absolute atomic E-state index is 11.3. The predicted molar refractivity (Wildman–Crippen MR) is 85.1 cm³/mol. The van der Waals surface area contributed by atoms with Gasteiger partial charge in [-0.05, 0) is 30.4 Å². The standard InChI is InChI=1S/C19H22O2/c1-16(20)21-19(15-18-11-6-3-7-12-18)14-8-13-17-9-4-2-5-10-17/h2-7,9-12,19H,8,13-15H2,1H3. The van der Waals surface area contributed by atoms with Gasteiger partial charge in [-0.3, -0.25) is 4.79 Å². The molecule has 0 aliphatic carbocycles. The predicted octanol–water partition coefficient (Wildman–Crippen LogP) is 4.18. The Labute approximate surface area is 126 Å². The number of rotatable bonds is 7. The molecule has 0 amide bonds. The Hall–Kier alpha value is -2.09. The van der Waals surface area contributed by atoms with Crippen LogP contribution in [0.5, 0.6) is 0 Å². The average Bonchev–Trinajstić information content (AvgIpc) is 2.49. The summed E-state index contributed by atoms with van der Waals surface area (Å²) in [5, 5.41) is 0.